The lowest BCUT2D eigenvalue weighted by molar-refractivity contribution is -0.141. The van der Waals surface area contributed by atoms with Crippen LogP contribution in [0.5, 0.6) is 0 Å². The minimum Gasteiger partial charge on any atom is -0.316 e. The number of pyridine rings is 1. The SMILES string of the molecule is N#Cc1c(C(F)(F)F)cc(=O)[nH]c1SCC(=O)C12CC3CC(CC(C3)C1)C2. The van der Waals surface area contributed by atoms with Crippen molar-refractivity contribution >= 4 is 17.5 Å². The van der Waals surface area contributed by atoms with E-state index in [1.807, 2.05) is 0 Å². The molecule has 1 N–H and O–H groups in total. The number of alkyl halides is 3. The van der Waals surface area contributed by atoms with Gasteiger partial charge in [0.1, 0.15) is 11.9 Å². The molecule has 0 aliphatic heterocycles. The number of H-pyrrole nitrogens is 1. The Morgan fingerprint density at radius 2 is 1.78 bits per heavy atom. The highest BCUT2D eigenvalue weighted by Crippen LogP contribution is 2.60. The Labute approximate surface area is 158 Å². The second kappa shape index (κ2) is 6.40. The molecule has 0 aromatic carbocycles. The Balaban J connectivity index is 1.56. The van der Waals surface area contributed by atoms with E-state index in [1.165, 1.54) is 25.3 Å². The van der Waals surface area contributed by atoms with Gasteiger partial charge in [0, 0.05) is 11.5 Å². The van der Waals surface area contributed by atoms with Crippen LogP contribution in [-0.2, 0) is 11.0 Å². The van der Waals surface area contributed by atoms with Crippen molar-refractivity contribution in [3.8, 4) is 6.07 Å². The number of aromatic amines is 1. The molecule has 0 amide bonds. The van der Waals surface area contributed by atoms with Crippen molar-refractivity contribution in [1.29, 1.82) is 5.26 Å². The maximum atomic E-state index is 13.1. The maximum Gasteiger partial charge on any atom is 0.417 e. The number of hydrogen-bond acceptors (Lipinski definition) is 4. The number of thioether (sulfide) groups is 1. The number of nitriles is 1. The van der Waals surface area contributed by atoms with E-state index in [2.05, 4.69) is 4.98 Å². The van der Waals surface area contributed by atoms with Crippen LogP contribution >= 0.6 is 11.8 Å². The molecule has 0 atom stereocenters. The summed E-state index contributed by atoms with van der Waals surface area (Å²) in [5.74, 6) is 1.81. The fraction of sp³-hybridized carbons (Fsp3) is 0.632. The molecule has 5 rings (SSSR count). The molecule has 4 fully saturated rings. The zero-order chi connectivity index (χ0) is 19.4. The Morgan fingerprint density at radius 3 is 2.26 bits per heavy atom. The molecule has 0 unspecified atom stereocenters. The predicted octanol–water partition coefficient (Wildman–Crippen LogP) is 4.14. The first-order valence-electron chi connectivity index (χ1n) is 9.11. The van der Waals surface area contributed by atoms with Gasteiger partial charge in [-0.2, -0.15) is 18.4 Å². The summed E-state index contributed by atoms with van der Waals surface area (Å²) in [4.78, 5) is 26.9. The Bertz CT molecular complexity index is 849. The average Bonchev–Trinajstić information content (AvgIpc) is 2.57. The normalized spacial score (nSPS) is 31.7. The van der Waals surface area contributed by atoms with Gasteiger partial charge in [-0.25, -0.2) is 0 Å². The summed E-state index contributed by atoms with van der Waals surface area (Å²) in [6.45, 7) is 0. The van der Waals surface area contributed by atoms with Gasteiger partial charge >= 0.3 is 6.18 Å². The van der Waals surface area contributed by atoms with Gasteiger partial charge in [0.25, 0.3) is 0 Å². The summed E-state index contributed by atoms with van der Waals surface area (Å²) in [6, 6.07) is 1.93. The molecule has 4 saturated carbocycles. The fourth-order valence-corrected chi connectivity index (χ4v) is 6.78. The zero-order valence-electron chi connectivity index (χ0n) is 14.6. The largest absolute Gasteiger partial charge is 0.417 e. The van der Waals surface area contributed by atoms with Crippen LogP contribution < -0.4 is 5.56 Å². The smallest absolute Gasteiger partial charge is 0.316 e. The van der Waals surface area contributed by atoms with Gasteiger partial charge in [-0.05, 0) is 56.3 Å². The minimum atomic E-state index is -4.79. The predicted molar refractivity (Wildman–Crippen MR) is 93.1 cm³/mol. The molecule has 4 aliphatic rings. The lowest BCUT2D eigenvalue weighted by Gasteiger charge is -2.56. The Hall–Kier alpha value is -1.75. The zero-order valence-corrected chi connectivity index (χ0v) is 15.4. The molecule has 4 bridgehead atoms. The first-order chi connectivity index (χ1) is 12.7. The summed E-state index contributed by atoms with van der Waals surface area (Å²) >= 11 is 0.846. The van der Waals surface area contributed by atoms with E-state index >= 15 is 0 Å². The van der Waals surface area contributed by atoms with Crippen LogP contribution in [0.15, 0.2) is 15.9 Å². The third kappa shape index (κ3) is 3.31. The molecular weight excluding hydrogens is 377 g/mol. The molecule has 4 nitrogen and oxygen atoms in total. The molecule has 8 heteroatoms. The Kier molecular flexibility index (Phi) is 4.41. The number of rotatable bonds is 4. The van der Waals surface area contributed by atoms with Crippen molar-refractivity contribution in [2.75, 3.05) is 5.75 Å². The molecule has 0 saturated heterocycles. The number of carbonyl (C=O) groups excluding carboxylic acids is 1. The highest BCUT2D eigenvalue weighted by atomic mass is 32.2. The number of nitrogens with one attached hydrogen (secondary N) is 1. The summed E-state index contributed by atoms with van der Waals surface area (Å²) in [7, 11) is 0. The number of aromatic nitrogens is 1. The van der Waals surface area contributed by atoms with Gasteiger partial charge in [-0.3, -0.25) is 9.59 Å². The number of Topliss-reactive ketones (excluding diaryl/α,β-unsaturated/α-hetero) is 1. The van der Waals surface area contributed by atoms with Gasteiger partial charge in [0.05, 0.1) is 21.9 Å². The summed E-state index contributed by atoms with van der Waals surface area (Å²) < 4.78 is 39.4. The molecule has 0 radical (unpaired) electrons. The first kappa shape index (κ1) is 18.6. The molecule has 1 aromatic heterocycles. The lowest BCUT2D eigenvalue weighted by Crippen LogP contribution is -2.50. The van der Waals surface area contributed by atoms with Crippen LogP contribution in [0.2, 0.25) is 0 Å². The number of carbonyl (C=O) groups is 1. The highest BCUT2D eigenvalue weighted by molar-refractivity contribution is 8.00. The summed E-state index contributed by atoms with van der Waals surface area (Å²) in [5, 5.41) is 9.01. The van der Waals surface area contributed by atoms with Gasteiger partial charge in [-0.1, -0.05) is 11.8 Å². The number of nitrogens with zero attached hydrogens (tertiary/aromatic N) is 1. The standard InChI is InChI=1S/C19H19F3N2O2S/c20-19(21,22)14-4-16(26)24-17(13(14)8-23)27-9-15(25)18-5-10-1-11(6-18)3-12(2-10)7-18/h4,10-12H,1-3,5-7,9H2,(H,24,26). The molecule has 4 aliphatic carbocycles. The van der Waals surface area contributed by atoms with Crippen molar-refractivity contribution < 1.29 is 18.0 Å². The summed E-state index contributed by atoms with van der Waals surface area (Å²) in [6.07, 6.45) is 1.42. The maximum absolute atomic E-state index is 13.1. The van der Waals surface area contributed by atoms with Crippen molar-refractivity contribution in [2.24, 2.45) is 23.2 Å². The third-order valence-electron chi connectivity index (χ3n) is 6.40. The van der Waals surface area contributed by atoms with E-state index in [4.69, 9.17) is 0 Å². The van der Waals surface area contributed by atoms with Crippen molar-refractivity contribution in [2.45, 2.75) is 49.7 Å². The van der Waals surface area contributed by atoms with Crippen molar-refractivity contribution in [3.63, 3.8) is 0 Å². The van der Waals surface area contributed by atoms with Crippen LogP contribution in [0.1, 0.15) is 49.7 Å². The monoisotopic (exact) mass is 396 g/mol. The second-order valence-corrected chi connectivity index (χ2v) is 9.26. The van der Waals surface area contributed by atoms with Crippen LogP contribution in [0.3, 0.4) is 0 Å². The highest BCUT2D eigenvalue weighted by Gasteiger charge is 2.54. The van der Waals surface area contributed by atoms with E-state index in [-0.39, 0.29) is 22.0 Å². The quantitative estimate of drug-likeness (QED) is 0.776. The average molecular weight is 396 g/mol. The van der Waals surface area contributed by atoms with E-state index in [0.717, 1.165) is 31.0 Å². The second-order valence-electron chi connectivity index (χ2n) is 8.27. The van der Waals surface area contributed by atoms with Crippen LogP contribution in [0.25, 0.3) is 0 Å². The number of hydrogen-bond donors (Lipinski definition) is 1. The van der Waals surface area contributed by atoms with Crippen LogP contribution in [-0.4, -0.2) is 16.5 Å². The van der Waals surface area contributed by atoms with Gasteiger partial charge in [-0.15, -0.1) is 0 Å². The van der Waals surface area contributed by atoms with Crippen molar-refractivity contribution in [1.82, 2.24) is 4.98 Å². The van der Waals surface area contributed by atoms with E-state index in [9.17, 15) is 28.0 Å². The van der Waals surface area contributed by atoms with E-state index < -0.39 is 22.9 Å². The van der Waals surface area contributed by atoms with Crippen LogP contribution in [0, 0.1) is 34.5 Å². The summed E-state index contributed by atoms with van der Waals surface area (Å²) in [5.41, 5.74) is -3.15. The molecule has 1 heterocycles. The van der Waals surface area contributed by atoms with Crippen LogP contribution in [0.4, 0.5) is 13.2 Å². The molecular formula is C19H19F3N2O2S. The van der Waals surface area contributed by atoms with Gasteiger partial charge in [0.15, 0.2) is 0 Å². The molecule has 144 valence electrons. The number of ketones is 1. The minimum absolute atomic E-state index is 0.0158. The lowest BCUT2D eigenvalue weighted by atomic mass is 9.48. The first-order valence-corrected chi connectivity index (χ1v) is 10.1. The number of halogens is 3. The fourth-order valence-electron chi connectivity index (χ4n) is 5.72. The van der Waals surface area contributed by atoms with Gasteiger partial charge < -0.3 is 4.98 Å². The third-order valence-corrected chi connectivity index (χ3v) is 7.40. The Morgan fingerprint density at radius 1 is 1.22 bits per heavy atom. The van der Waals surface area contributed by atoms with Gasteiger partial charge in [0.2, 0.25) is 5.56 Å². The molecule has 27 heavy (non-hydrogen) atoms. The van der Waals surface area contributed by atoms with E-state index in [1.54, 1.807) is 0 Å². The topological polar surface area (TPSA) is 73.7 Å². The van der Waals surface area contributed by atoms with E-state index in [0.29, 0.717) is 23.8 Å². The molecule has 0 spiro atoms. The molecule has 1 aromatic rings. The van der Waals surface area contributed by atoms with Crippen molar-refractivity contribution in [3.05, 3.63) is 27.5 Å².